The molecule has 5 aromatic heterocycles. The molecule has 0 aliphatic rings. The summed E-state index contributed by atoms with van der Waals surface area (Å²) in [5.41, 5.74) is 8.79. The third-order valence-corrected chi connectivity index (χ3v) is 6.69. The van der Waals surface area contributed by atoms with Gasteiger partial charge in [0.1, 0.15) is 5.69 Å². The van der Waals surface area contributed by atoms with Crippen LogP contribution in [0.15, 0.2) is 47.4 Å². The number of fused-ring (bicyclic) bond motifs is 1. The normalized spacial score (nSPS) is 11.4. The van der Waals surface area contributed by atoms with E-state index in [1.807, 2.05) is 36.0 Å². The van der Waals surface area contributed by atoms with E-state index in [4.69, 9.17) is 10.7 Å². The second-order valence-corrected chi connectivity index (χ2v) is 9.42. The van der Waals surface area contributed by atoms with E-state index >= 15 is 0 Å². The number of nitrogens with one attached hydrogen (secondary N) is 2. The lowest BCUT2D eigenvalue weighted by atomic mass is 10.1. The van der Waals surface area contributed by atoms with Gasteiger partial charge in [-0.3, -0.25) is 14.9 Å². The molecule has 0 atom stereocenters. The van der Waals surface area contributed by atoms with E-state index in [9.17, 15) is 9.59 Å². The number of amides is 2. The molecule has 0 aliphatic carbocycles. The largest absolute Gasteiger partial charge is 0.364 e. The van der Waals surface area contributed by atoms with Crippen molar-refractivity contribution in [2.24, 2.45) is 5.73 Å². The highest BCUT2D eigenvalue weighted by atomic mass is 32.1. The van der Waals surface area contributed by atoms with E-state index in [1.54, 1.807) is 41.2 Å². The average Bonchev–Trinajstić information content (AvgIpc) is 3.59. The van der Waals surface area contributed by atoms with Gasteiger partial charge in [-0.2, -0.15) is 5.10 Å². The van der Waals surface area contributed by atoms with Crippen LogP contribution in [0.5, 0.6) is 0 Å². The van der Waals surface area contributed by atoms with Crippen LogP contribution in [0.1, 0.15) is 40.7 Å². The van der Waals surface area contributed by atoms with Crippen LogP contribution in [0, 0.1) is 0 Å². The molecule has 2 amide bonds. The van der Waals surface area contributed by atoms with Crippen LogP contribution in [-0.4, -0.2) is 36.5 Å². The van der Waals surface area contributed by atoms with Crippen LogP contribution in [0.2, 0.25) is 0 Å². The molecule has 0 saturated heterocycles. The van der Waals surface area contributed by atoms with Crippen LogP contribution in [-0.2, 0) is 0 Å². The lowest BCUT2D eigenvalue weighted by Gasteiger charge is -2.09. The molecule has 5 rings (SSSR count). The van der Waals surface area contributed by atoms with Crippen molar-refractivity contribution in [3.8, 4) is 21.8 Å². The Labute approximate surface area is 196 Å². The Morgan fingerprint density at radius 3 is 2.73 bits per heavy atom. The Kier molecular flexibility index (Phi) is 5.27. The Morgan fingerprint density at radius 1 is 1.18 bits per heavy atom. The van der Waals surface area contributed by atoms with Gasteiger partial charge in [-0.1, -0.05) is 6.07 Å². The van der Waals surface area contributed by atoms with Gasteiger partial charge in [0.25, 0.3) is 11.8 Å². The predicted molar refractivity (Wildman–Crippen MR) is 130 cm³/mol. The van der Waals surface area contributed by atoms with E-state index in [1.165, 1.54) is 11.3 Å². The molecule has 0 aliphatic heterocycles. The maximum atomic E-state index is 13.3. The number of thiophene rings is 1. The fourth-order valence-electron chi connectivity index (χ4n) is 3.45. The molecule has 166 valence electrons. The van der Waals surface area contributed by atoms with Gasteiger partial charge in [0.05, 0.1) is 33.4 Å². The molecule has 0 bridgehead atoms. The number of primary amides is 1. The highest BCUT2D eigenvalue weighted by molar-refractivity contribution is 7.14. The predicted octanol–water partition coefficient (Wildman–Crippen LogP) is 4.54. The number of pyridine rings is 1. The minimum Gasteiger partial charge on any atom is -0.364 e. The first-order valence-corrected chi connectivity index (χ1v) is 11.8. The van der Waals surface area contributed by atoms with E-state index in [2.05, 4.69) is 20.4 Å². The van der Waals surface area contributed by atoms with Crippen LogP contribution >= 0.6 is 22.7 Å². The Balaban J connectivity index is 1.49. The Bertz CT molecular complexity index is 1480. The molecule has 5 heterocycles. The summed E-state index contributed by atoms with van der Waals surface area (Å²) in [5, 5.41) is 12.2. The summed E-state index contributed by atoms with van der Waals surface area (Å²) in [4.78, 5) is 37.7. The molecule has 0 unspecified atom stereocenters. The number of nitrogens with zero attached hydrogens (tertiary/aromatic N) is 4. The summed E-state index contributed by atoms with van der Waals surface area (Å²) >= 11 is 2.86. The molecule has 4 N–H and O–H groups in total. The first-order valence-electron chi connectivity index (χ1n) is 10.1. The van der Waals surface area contributed by atoms with Gasteiger partial charge in [0.2, 0.25) is 0 Å². The summed E-state index contributed by atoms with van der Waals surface area (Å²) in [6.07, 6.45) is 3.33. The molecule has 0 radical (unpaired) electrons. The summed E-state index contributed by atoms with van der Waals surface area (Å²) < 4.78 is 1.81. The minimum atomic E-state index is -0.546. The molecular weight excluding hydrogens is 458 g/mol. The molecule has 0 saturated carbocycles. The van der Waals surface area contributed by atoms with Crippen molar-refractivity contribution in [1.29, 1.82) is 0 Å². The summed E-state index contributed by atoms with van der Waals surface area (Å²) in [6, 6.07) is 7.44. The molecule has 11 heteroatoms. The first-order chi connectivity index (χ1) is 15.9. The van der Waals surface area contributed by atoms with Crippen molar-refractivity contribution in [1.82, 2.24) is 24.7 Å². The zero-order valence-electron chi connectivity index (χ0n) is 17.7. The van der Waals surface area contributed by atoms with Gasteiger partial charge >= 0.3 is 0 Å². The third kappa shape index (κ3) is 3.92. The second-order valence-electron chi connectivity index (χ2n) is 7.61. The standard InChI is InChI=1S/C22H19N7O2S2/c1-11(2)29-20-14(9-25-29)13(7-15(26-20)18-4-3-5-32-18)21(31)28-22-27-17(10-33-22)12-6-16(19(23)30)24-8-12/h3-11,24H,1-2H3,(H2,23,30)(H,27,28,31). The molecular formula is C22H19N7O2S2. The quantitative estimate of drug-likeness (QED) is 0.330. The molecule has 0 aromatic carbocycles. The van der Waals surface area contributed by atoms with Crippen molar-refractivity contribution in [2.45, 2.75) is 19.9 Å². The number of anilines is 1. The smallest absolute Gasteiger partial charge is 0.265 e. The SMILES string of the molecule is CC(C)n1ncc2c(C(=O)Nc3nc(-c4c[nH]c(C(N)=O)c4)cs3)cc(-c3cccs3)nc21. The zero-order chi connectivity index (χ0) is 23.1. The second kappa shape index (κ2) is 8.26. The Morgan fingerprint density at radius 2 is 2.03 bits per heavy atom. The maximum absolute atomic E-state index is 13.3. The number of H-pyrrole nitrogens is 1. The fourth-order valence-corrected chi connectivity index (χ4v) is 4.85. The minimum absolute atomic E-state index is 0.0951. The number of carbonyl (C=O) groups excluding carboxylic acids is 2. The molecule has 5 aromatic rings. The van der Waals surface area contributed by atoms with Crippen LogP contribution in [0.25, 0.3) is 32.9 Å². The molecule has 0 fully saturated rings. The van der Waals surface area contributed by atoms with Crippen molar-refractivity contribution in [3.05, 3.63) is 58.7 Å². The number of nitrogens with two attached hydrogens (primary N) is 1. The van der Waals surface area contributed by atoms with Gasteiger partial charge in [-0.25, -0.2) is 14.6 Å². The highest BCUT2D eigenvalue weighted by Gasteiger charge is 2.20. The van der Waals surface area contributed by atoms with E-state index in [-0.39, 0.29) is 11.9 Å². The van der Waals surface area contributed by atoms with Crippen molar-refractivity contribution in [2.75, 3.05) is 5.32 Å². The number of aromatic amines is 1. The van der Waals surface area contributed by atoms with Crippen molar-refractivity contribution >= 4 is 50.7 Å². The van der Waals surface area contributed by atoms with Gasteiger partial charge < -0.3 is 10.7 Å². The topological polar surface area (TPSA) is 132 Å². The molecule has 9 nitrogen and oxygen atoms in total. The van der Waals surface area contributed by atoms with Crippen molar-refractivity contribution in [3.63, 3.8) is 0 Å². The Hall–Kier alpha value is -3.83. The lowest BCUT2D eigenvalue weighted by molar-refractivity contribution is 0.0994. The van der Waals surface area contributed by atoms with Crippen molar-refractivity contribution < 1.29 is 9.59 Å². The van der Waals surface area contributed by atoms with Gasteiger partial charge in [0, 0.05) is 23.2 Å². The number of hydrogen-bond acceptors (Lipinski definition) is 7. The van der Waals surface area contributed by atoms with Crippen LogP contribution in [0.4, 0.5) is 5.13 Å². The molecule has 33 heavy (non-hydrogen) atoms. The van der Waals surface area contributed by atoms with Crippen LogP contribution in [0.3, 0.4) is 0 Å². The third-order valence-electron chi connectivity index (χ3n) is 5.04. The van der Waals surface area contributed by atoms with Gasteiger partial charge in [-0.05, 0) is 37.4 Å². The van der Waals surface area contributed by atoms with E-state index < -0.39 is 5.91 Å². The number of thiazole rings is 1. The fraction of sp³-hybridized carbons (Fsp3) is 0.136. The number of rotatable bonds is 6. The maximum Gasteiger partial charge on any atom is 0.265 e. The highest BCUT2D eigenvalue weighted by Crippen LogP contribution is 2.30. The van der Waals surface area contributed by atoms with E-state index in [0.29, 0.717) is 38.7 Å². The van der Waals surface area contributed by atoms with Gasteiger partial charge in [0.15, 0.2) is 10.8 Å². The number of aromatic nitrogens is 5. The number of hydrogen-bond donors (Lipinski definition) is 3. The van der Waals surface area contributed by atoms with E-state index in [0.717, 1.165) is 10.6 Å². The lowest BCUT2D eigenvalue weighted by Crippen LogP contribution is -2.13. The summed E-state index contributed by atoms with van der Waals surface area (Å²) in [6.45, 7) is 4.04. The number of carbonyl (C=O) groups is 2. The van der Waals surface area contributed by atoms with Gasteiger partial charge in [-0.15, -0.1) is 22.7 Å². The zero-order valence-corrected chi connectivity index (χ0v) is 19.3. The molecule has 0 spiro atoms. The first kappa shape index (κ1) is 21.0. The average molecular weight is 478 g/mol. The van der Waals surface area contributed by atoms with Crippen LogP contribution < -0.4 is 11.1 Å². The monoisotopic (exact) mass is 477 g/mol. The summed E-state index contributed by atoms with van der Waals surface area (Å²) in [5.74, 6) is -0.841. The summed E-state index contributed by atoms with van der Waals surface area (Å²) in [7, 11) is 0.